The van der Waals surface area contributed by atoms with Crippen molar-refractivity contribution in [1.29, 1.82) is 0 Å². The van der Waals surface area contributed by atoms with Crippen LogP contribution in [0, 0.1) is 6.92 Å². The van der Waals surface area contributed by atoms with Crippen LogP contribution < -0.4 is 10.7 Å². The summed E-state index contributed by atoms with van der Waals surface area (Å²) in [5.74, 6) is 1.59. The SMILES string of the molecule is Cc1cc2c(o1)-c1ccccc1NB2O. The summed E-state index contributed by atoms with van der Waals surface area (Å²) in [6.07, 6.45) is 0. The van der Waals surface area contributed by atoms with Gasteiger partial charge in [0.15, 0.2) is 0 Å². The van der Waals surface area contributed by atoms with E-state index in [1.165, 1.54) is 0 Å². The normalized spacial score (nSPS) is 13.1. The minimum Gasteiger partial charge on any atom is -0.462 e. The van der Waals surface area contributed by atoms with E-state index in [2.05, 4.69) is 5.23 Å². The van der Waals surface area contributed by atoms with Crippen LogP contribution in [0.1, 0.15) is 5.76 Å². The van der Waals surface area contributed by atoms with Crippen molar-refractivity contribution in [3.8, 4) is 11.3 Å². The van der Waals surface area contributed by atoms with Crippen molar-refractivity contribution in [2.45, 2.75) is 6.92 Å². The van der Waals surface area contributed by atoms with Gasteiger partial charge in [0.25, 0.3) is 0 Å². The Bertz CT molecular complexity index is 521. The molecule has 3 rings (SSSR count). The van der Waals surface area contributed by atoms with Crippen LogP contribution in [0.3, 0.4) is 0 Å². The molecule has 15 heavy (non-hydrogen) atoms. The Morgan fingerprint density at radius 1 is 1.33 bits per heavy atom. The van der Waals surface area contributed by atoms with E-state index in [0.29, 0.717) is 0 Å². The highest BCUT2D eigenvalue weighted by Gasteiger charge is 2.30. The molecule has 0 bridgehead atoms. The van der Waals surface area contributed by atoms with Crippen molar-refractivity contribution in [1.82, 2.24) is 0 Å². The van der Waals surface area contributed by atoms with Gasteiger partial charge < -0.3 is 14.7 Å². The molecule has 74 valence electrons. The Balaban J connectivity index is 2.29. The Kier molecular flexibility index (Phi) is 1.67. The van der Waals surface area contributed by atoms with Crippen LogP contribution in [-0.2, 0) is 0 Å². The number of anilines is 1. The van der Waals surface area contributed by atoms with E-state index in [9.17, 15) is 5.02 Å². The largest absolute Gasteiger partial charge is 0.462 e. The number of hydrogen-bond donors (Lipinski definition) is 2. The van der Waals surface area contributed by atoms with Crippen molar-refractivity contribution in [3.63, 3.8) is 0 Å². The standard InChI is InChI=1S/C11H10BNO2/c1-7-6-9-11(15-7)8-4-2-3-5-10(8)13-12(9)14/h2-6,13-14H,1H3. The molecule has 1 aromatic heterocycles. The van der Waals surface area contributed by atoms with Gasteiger partial charge in [-0.2, -0.15) is 0 Å². The zero-order valence-corrected chi connectivity index (χ0v) is 8.32. The molecule has 0 aliphatic carbocycles. The highest BCUT2D eigenvalue weighted by atomic mass is 16.3. The summed E-state index contributed by atoms with van der Waals surface area (Å²) >= 11 is 0. The Morgan fingerprint density at radius 3 is 3.00 bits per heavy atom. The summed E-state index contributed by atoms with van der Waals surface area (Å²) < 4.78 is 5.60. The molecular formula is C11H10BNO2. The minimum absolute atomic E-state index is 0.674. The molecule has 0 saturated heterocycles. The first-order valence-corrected chi connectivity index (χ1v) is 4.90. The van der Waals surface area contributed by atoms with Gasteiger partial charge in [0.2, 0.25) is 0 Å². The number of benzene rings is 1. The van der Waals surface area contributed by atoms with E-state index in [1.807, 2.05) is 37.3 Å². The van der Waals surface area contributed by atoms with E-state index in [0.717, 1.165) is 28.2 Å². The van der Waals surface area contributed by atoms with Crippen LogP contribution in [0.2, 0.25) is 0 Å². The number of fused-ring (bicyclic) bond motifs is 3. The average Bonchev–Trinajstić information content (AvgIpc) is 2.61. The van der Waals surface area contributed by atoms with Gasteiger partial charge in [0.1, 0.15) is 11.5 Å². The maximum absolute atomic E-state index is 9.85. The predicted octanol–water partition coefficient (Wildman–Crippen LogP) is 1.37. The van der Waals surface area contributed by atoms with E-state index >= 15 is 0 Å². The van der Waals surface area contributed by atoms with E-state index in [4.69, 9.17) is 4.42 Å². The van der Waals surface area contributed by atoms with Crippen LogP contribution >= 0.6 is 0 Å². The van der Waals surface area contributed by atoms with Gasteiger partial charge in [-0.1, -0.05) is 12.1 Å². The Morgan fingerprint density at radius 2 is 2.13 bits per heavy atom. The molecule has 4 heteroatoms. The highest BCUT2D eigenvalue weighted by molar-refractivity contribution is 6.71. The molecule has 0 spiro atoms. The zero-order chi connectivity index (χ0) is 10.4. The van der Waals surface area contributed by atoms with Crippen molar-refractivity contribution in [2.24, 2.45) is 0 Å². The molecule has 0 amide bonds. The van der Waals surface area contributed by atoms with Crippen LogP contribution in [-0.4, -0.2) is 12.1 Å². The third kappa shape index (κ3) is 1.18. The lowest BCUT2D eigenvalue weighted by Crippen LogP contribution is -2.41. The summed E-state index contributed by atoms with van der Waals surface area (Å²) in [5.41, 5.74) is 2.73. The fraction of sp³-hybridized carbons (Fsp3) is 0.0909. The molecule has 0 saturated carbocycles. The molecule has 2 aromatic rings. The van der Waals surface area contributed by atoms with Crippen molar-refractivity contribution < 1.29 is 9.44 Å². The number of hydrogen-bond acceptors (Lipinski definition) is 3. The fourth-order valence-corrected chi connectivity index (χ4v) is 1.98. The molecule has 0 atom stereocenters. The maximum atomic E-state index is 9.85. The van der Waals surface area contributed by atoms with Gasteiger partial charge in [0, 0.05) is 16.7 Å². The van der Waals surface area contributed by atoms with Gasteiger partial charge in [0.05, 0.1) is 0 Å². The first kappa shape index (κ1) is 8.62. The summed E-state index contributed by atoms with van der Waals surface area (Å²) in [7, 11) is -0.674. The molecule has 2 N–H and O–H groups in total. The Labute approximate surface area is 87.9 Å². The number of rotatable bonds is 0. The van der Waals surface area contributed by atoms with Crippen LogP contribution in [0.15, 0.2) is 34.7 Å². The third-order valence-corrected chi connectivity index (χ3v) is 2.64. The van der Waals surface area contributed by atoms with Gasteiger partial charge >= 0.3 is 7.05 Å². The minimum atomic E-state index is -0.674. The lowest BCUT2D eigenvalue weighted by Gasteiger charge is -2.19. The third-order valence-electron chi connectivity index (χ3n) is 2.64. The van der Waals surface area contributed by atoms with Crippen molar-refractivity contribution >= 4 is 18.2 Å². The molecule has 0 fully saturated rings. The summed E-state index contributed by atoms with van der Waals surface area (Å²) in [4.78, 5) is 0. The molecular weight excluding hydrogens is 189 g/mol. The number of nitrogens with one attached hydrogen (secondary N) is 1. The summed E-state index contributed by atoms with van der Waals surface area (Å²) in [6, 6.07) is 9.66. The lowest BCUT2D eigenvalue weighted by molar-refractivity contribution is 0.547. The summed E-state index contributed by atoms with van der Waals surface area (Å²) in [6.45, 7) is 1.88. The second-order valence-corrected chi connectivity index (χ2v) is 3.73. The first-order valence-electron chi connectivity index (χ1n) is 4.90. The molecule has 0 unspecified atom stereocenters. The molecule has 2 heterocycles. The van der Waals surface area contributed by atoms with Crippen LogP contribution in [0.5, 0.6) is 0 Å². The van der Waals surface area contributed by atoms with Crippen LogP contribution in [0.4, 0.5) is 5.69 Å². The van der Waals surface area contributed by atoms with Crippen molar-refractivity contribution in [3.05, 3.63) is 36.1 Å². The summed E-state index contributed by atoms with van der Waals surface area (Å²) in [5, 5.41) is 12.9. The van der Waals surface area contributed by atoms with Gasteiger partial charge in [-0.25, -0.2) is 0 Å². The quantitative estimate of drug-likeness (QED) is 0.629. The molecule has 3 nitrogen and oxygen atoms in total. The fourth-order valence-electron chi connectivity index (χ4n) is 1.98. The zero-order valence-electron chi connectivity index (χ0n) is 8.32. The van der Waals surface area contributed by atoms with E-state index < -0.39 is 7.05 Å². The average molecular weight is 199 g/mol. The lowest BCUT2D eigenvalue weighted by atomic mass is 9.70. The second-order valence-electron chi connectivity index (χ2n) is 3.73. The number of furan rings is 1. The van der Waals surface area contributed by atoms with Crippen molar-refractivity contribution in [2.75, 3.05) is 5.23 Å². The second kappa shape index (κ2) is 2.91. The monoisotopic (exact) mass is 199 g/mol. The highest BCUT2D eigenvalue weighted by Crippen LogP contribution is 2.31. The topological polar surface area (TPSA) is 45.4 Å². The molecule has 0 radical (unpaired) electrons. The first-order chi connectivity index (χ1) is 7.25. The van der Waals surface area contributed by atoms with Gasteiger partial charge in [-0.3, -0.25) is 0 Å². The Hall–Kier alpha value is -1.68. The smallest absolute Gasteiger partial charge is 0.450 e. The number of para-hydroxylation sites is 1. The van der Waals surface area contributed by atoms with Gasteiger partial charge in [-0.05, 0) is 25.1 Å². The molecule has 1 aromatic carbocycles. The maximum Gasteiger partial charge on any atom is 0.450 e. The molecule has 1 aliphatic heterocycles. The predicted molar refractivity (Wildman–Crippen MR) is 60.1 cm³/mol. The number of aryl methyl sites for hydroxylation is 1. The van der Waals surface area contributed by atoms with E-state index in [-0.39, 0.29) is 0 Å². The van der Waals surface area contributed by atoms with Crippen LogP contribution in [0.25, 0.3) is 11.3 Å². The molecule has 1 aliphatic rings. The van der Waals surface area contributed by atoms with Gasteiger partial charge in [-0.15, -0.1) is 0 Å². The van der Waals surface area contributed by atoms with E-state index in [1.54, 1.807) is 0 Å².